The van der Waals surface area contributed by atoms with Gasteiger partial charge in [0.2, 0.25) is 0 Å². The highest BCUT2D eigenvalue weighted by Gasteiger charge is 2.66. The minimum Gasteiger partial charge on any atom is -0.299 e. The van der Waals surface area contributed by atoms with Crippen LogP contribution in [0.5, 0.6) is 0 Å². The quantitative estimate of drug-likeness (QED) is 0.563. The van der Waals surface area contributed by atoms with Gasteiger partial charge in [0, 0.05) is 12.3 Å². The first-order valence-corrected chi connectivity index (χ1v) is 4.61. The predicted octanol–water partition coefficient (Wildman–Crippen LogP) is 2.26. The van der Waals surface area contributed by atoms with Crippen molar-refractivity contribution in [1.82, 2.24) is 0 Å². The van der Waals surface area contributed by atoms with E-state index in [1.165, 1.54) is 0 Å². The summed E-state index contributed by atoms with van der Waals surface area (Å²) in [5.74, 6) is 2.41. The Morgan fingerprint density at radius 3 is 2.55 bits per heavy atom. The Hall–Kier alpha value is -0.330. The molecule has 0 saturated heterocycles. The topological polar surface area (TPSA) is 17.1 Å². The first-order chi connectivity index (χ1) is 5.09. The molecule has 3 atom stereocenters. The third-order valence-electron chi connectivity index (χ3n) is 3.85. The second-order valence-electron chi connectivity index (χ2n) is 4.64. The average molecular weight is 152 g/mol. The molecule has 11 heavy (non-hydrogen) atoms. The van der Waals surface area contributed by atoms with Gasteiger partial charge >= 0.3 is 0 Å². The molecule has 2 saturated carbocycles. The van der Waals surface area contributed by atoms with Crippen LogP contribution < -0.4 is 0 Å². The van der Waals surface area contributed by atoms with Gasteiger partial charge in [-0.05, 0) is 23.7 Å². The summed E-state index contributed by atoms with van der Waals surface area (Å²) in [6.45, 7) is 6.74. The van der Waals surface area contributed by atoms with Gasteiger partial charge in [-0.2, -0.15) is 0 Å². The maximum Gasteiger partial charge on any atom is 0.136 e. The van der Waals surface area contributed by atoms with Crippen LogP contribution in [0.25, 0.3) is 0 Å². The first-order valence-electron chi connectivity index (χ1n) is 4.61. The van der Waals surface area contributed by atoms with Gasteiger partial charge in [-0.25, -0.2) is 0 Å². The van der Waals surface area contributed by atoms with Gasteiger partial charge in [-0.15, -0.1) is 0 Å². The molecular formula is C10H16O. The van der Waals surface area contributed by atoms with Crippen molar-refractivity contribution in [2.75, 3.05) is 0 Å². The lowest BCUT2D eigenvalue weighted by Crippen LogP contribution is -2.15. The normalized spacial score (nSPS) is 45.7. The summed E-state index contributed by atoms with van der Waals surface area (Å²) in [5.41, 5.74) is 0.495. The zero-order valence-corrected chi connectivity index (χ0v) is 7.55. The van der Waals surface area contributed by atoms with Crippen LogP contribution in [0.3, 0.4) is 0 Å². The predicted molar refractivity (Wildman–Crippen MR) is 44.2 cm³/mol. The Balaban J connectivity index is 2.17. The molecule has 0 heterocycles. The van der Waals surface area contributed by atoms with E-state index in [0.717, 1.165) is 24.7 Å². The third-order valence-corrected chi connectivity index (χ3v) is 3.85. The lowest BCUT2D eigenvalue weighted by atomic mass is 9.90. The molecule has 2 aliphatic carbocycles. The van der Waals surface area contributed by atoms with E-state index >= 15 is 0 Å². The lowest BCUT2D eigenvalue weighted by molar-refractivity contribution is -0.122. The van der Waals surface area contributed by atoms with E-state index in [-0.39, 0.29) is 0 Å². The van der Waals surface area contributed by atoms with Crippen molar-refractivity contribution < 1.29 is 4.79 Å². The highest BCUT2D eigenvalue weighted by Crippen LogP contribution is 2.68. The highest BCUT2D eigenvalue weighted by molar-refractivity contribution is 5.86. The van der Waals surface area contributed by atoms with Gasteiger partial charge in [0.1, 0.15) is 5.78 Å². The van der Waals surface area contributed by atoms with Gasteiger partial charge in [-0.3, -0.25) is 4.79 Å². The van der Waals surface area contributed by atoms with E-state index < -0.39 is 0 Å². The zero-order chi connectivity index (χ0) is 8.22. The maximum absolute atomic E-state index is 11.3. The number of carbonyl (C=O) groups excluding carboxylic acids is 1. The zero-order valence-electron chi connectivity index (χ0n) is 7.55. The second kappa shape index (κ2) is 1.88. The van der Waals surface area contributed by atoms with Crippen molar-refractivity contribution in [1.29, 1.82) is 0 Å². The number of fused-ring (bicyclic) bond motifs is 1. The Labute approximate surface area is 68.2 Å². The van der Waals surface area contributed by atoms with Crippen LogP contribution in [0.2, 0.25) is 0 Å². The largest absolute Gasteiger partial charge is 0.299 e. The molecule has 0 aliphatic heterocycles. The van der Waals surface area contributed by atoms with Crippen LogP contribution in [0.15, 0.2) is 0 Å². The second-order valence-corrected chi connectivity index (χ2v) is 4.64. The minimum absolute atomic E-state index is 0.412. The molecule has 0 N–H and O–H groups in total. The fourth-order valence-corrected chi connectivity index (χ4v) is 3.03. The van der Waals surface area contributed by atoms with Gasteiger partial charge in [-0.1, -0.05) is 20.8 Å². The number of rotatable bonds is 1. The number of ketones is 1. The molecule has 0 amide bonds. The van der Waals surface area contributed by atoms with Crippen LogP contribution in [0, 0.1) is 23.2 Å². The maximum atomic E-state index is 11.3. The molecule has 0 aromatic carbocycles. The summed E-state index contributed by atoms with van der Waals surface area (Å²) in [4.78, 5) is 11.3. The van der Waals surface area contributed by atoms with Crippen molar-refractivity contribution in [3.63, 3.8) is 0 Å². The fourth-order valence-electron chi connectivity index (χ4n) is 3.03. The molecule has 0 aromatic heterocycles. The minimum atomic E-state index is 0.412. The number of carbonyl (C=O) groups is 1. The molecule has 1 heteroatoms. The SMILES string of the molecule is CCC1C(=O)CC2C1C2(C)C. The molecule has 62 valence electrons. The average Bonchev–Trinajstić information content (AvgIpc) is 2.38. The van der Waals surface area contributed by atoms with Gasteiger partial charge < -0.3 is 0 Å². The number of Topliss-reactive ketones (excluding diaryl/α,β-unsaturated/α-hetero) is 1. The van der Waals surface area contributed by atoms with E-state index in [4.69, 9.17) is 0 Å². The third kappa shape index (κ3) is 0.743. The molecule has 1 nitrogen and oxygen atoms in total. The Kier molecular flexibility index (Phi) is 1.25. The molecule has 3 unspecified atom stereocenters. The van der Waals surface area contributed by atoms with E-state index in [9.17, 15) is 4.79 Å². The summed E-state index contributed by atoms with van der Waals surface area (Å²) in [6.07, 6.45) is 1.93. The smallest absolute Gasteiger partial charge is 0.136 e. The molecule has 2 rings (SSSR count). The van der Waals surface area contributed by atoms with Gasteiger partial charge in [0.05, 0.1) is 0 Å². The van der Waals surface area contributed by atoms with Crippen molar-refractivity contribution in [2.45, 2.75) is 33.6 Å². The molecule has 2 aliphatic rings. The van der Waals surface area contributed by atoms with E-state index in [1.54, 1.807) is 0 Å². The number of hydrogen-bond acceptors (Lipinski definition) is 1. The fraction of sp³-hybridized carbons (Fsp3) is 0.900. The standard InChI is InChI=1S/C10H16O/c1-4-6-8(11)5-7-9(6)10(7,2)3/h6-7,9H,4-5H2,1-3H3. The molecular weight excluding hydrogens is 136 g/mol. The summed E-state index contributed by atoms with van der Waals surface area (Å²) < 4.78 is 0. The number of hydrogen-bond donors (Lipinski definition) is 0. The van der Waals surface area contributed by atoms with Crippen LogP contribution in [-0.4, -0.2) is 5.78 Å². The van der Waals surface area contributed by atoms with E-state index in [2.05, 4.69) is 20.8 Å². The summed E-state index contributed by atoms with van der Waals surface area (Å²) >= 11 is 0. The molecule has 0 spiro atoms. The van der Waals surface area contributed by atoms with Crippen molar-refractivity contribution >= 4 is 5.78 Å². The molecule has 0 radical (unpaired) electrons. The molecule has 0 bridgehead atoms. The van der Waals surface area contributed by atoms with E-state index in [0.29, 0.717) is 17.1 Å². The van der Waals surface area contributed by atoms with Crippen LogP contribution in [-0.2, 0) is 4.79 Å². The van der Waals surface area contributed by atoms with Crippen molar-refractivity contribution in [3.05, 3.63) is 0 Å². The Bertz CT molecular complexity index is 205. The Morgan fingerprint density at radius 2 is 2.18 bits per heavy atom. The van der Waals surface area contributed by atoms with Crippen molar-refractivity contribution in [2.24, 2.45) is 23.2 Å². The first kappa shape index (κ1) is 7.33. The van der Waals surface area contributed by atoms with Gasteiger partial charge in [0.15, 0.2) is 0 Å². The van der Waals surface area contributed by atoms with E-state index in [1.807, 2.05) is 0 Å². The molecule has 2 fully saturated rings. The highest BCUT2D eigenvalue weighted by atomic mass is 16.1. The summed E-state index contributed by atoms with van der Waals surface area (Å²) in [6, 6.07) is 0. The van der Waals surface area contributed by atoms with Gasteiger partial charge in [0.25, 0.3) is 0 Å². The monoisotopic (exact) mass is 152 g/mol. The van der Waals surface area contributed by atoms with Crippen LogP contribution >= 0.6 is 0 Å². The van der Waals surface area contributed by atoms with Crippen LogP contribution in [0.1, 0.15) is 33.6 Å². The lowest BCUT2D eigenvalue weighted by Gasteiger charge is -2.13. The summed E-state index contributed by atoms with van der Waals surface area (Å²) in [5, 5.41) is 0. The van der Waals surface area contributed by atoms with Crippen molar-refractivity contribution in [3.8, 4) is 0 Å². The summed E-state index contributed by atoms with van der Waals surface area (Å²) in [7, 11) is 0. The van der Waals surface area contributed by atoms with Crippen LogP contribution in [0.4, 0.5) is 0 Å². The molecule has 0 aromatic rings. The Morgan fingerprint density at radius 1 is 1.55 bits per heavy atom.